The normalized spacial score (nSPS) is 25.4. The van der Waals surface area contributed by atoms with E-state index in [-0.39, 0.29) is 18.1 Å². The number of nitrogens with zero attached hydrogens (tertiary/aromatic N) is 5. The molecule has 8 nitrogen and oxygen atoms in total. The maximum atomic E-state index is 12.3. The Labute approximate surface area is 197 Å². The predicted molar refractivity (Wildman–Crippen MR) is 129 cm³/mol. The molecule has 0 saturated carbocycles. The number of halogens is 1. The van der Waals surface area contributed by atoms with Crippen molar-refractivity contribution < 1.29 is 8.42 Å². The first kappa shape index (κ1) is 21.1. The summed E-state index contributed by atoms with van der Waals surface area (Å²) in [5.41, 5.74) is 6.08. The molecule has 3 atom stereocenters. The third kappa shape index (κ3) is 3.45. The van der Waals surface area contributed by atoms with Crippen molar-refractivity contribution in [2.45, 2.75) is 57.3 Å². The molecule has 1 N–H and O–H groups in total. The highest BCUT2D eigenvalue weighted by Crippen LogP contribution is 2.42. The van der Waals surface area contributed by atoms with Crippen molar-refractivity contribution in [3.8, 4) is 0 Å². The van der Waals surface area contributed by atoms with E-state index in [0.29, 0.717) is 18.1 Å². The monoisotopic (exact) mass is 484 g/mol. The molecule has 3 aromatic rings. The summed E-state index contributed by atoms with van der Waals surface area (Å²) >= 11 is 6.35. The molecule has 6 rings (SSSR count). The number of nitrogens with one attached hydrogen (secondary N) is 1. The van der Waals surface area contributed by atoms with E-state index in [1.165, 1.54) is 6.26 Å². The van der Waals surface area contributed by atoms with Crippen molar-refractivity contribution in [1.29, 1.82) is 0 Å². The van der Waals surface area contributed by atoms with Crippen LogP contribution >= 0.6 is 11.6 Å². The van der Waals surface area contributed by atoms with Crippen LogP contribution in [-0.4, -0.2) is 57.0 Å². The first-order chi connectivity index (χ1) is 15.8. The summed E-state index contributed by atoms with van der Waals surface area (Å²) in [7, 11) is -3.23. The molecule has 1 saturated heterocycles. The second-order valence-corrected chi connectivity index (χ2v) is 11.6. The average Bonchev–Trinajstić information content (AvgIpc) is 3.34. The summed E-state index contributed by atoms with van der Waals surface area (Å²) in [6.45, 7) is 2.86. The fourth-order valence-electron chi connectivity index (χ4n) is 5.82. The standard InChI is InChI=1S/C23H25ClN6O2S/c1-13-7-19-18(11-29(13)20-10-21(24)28-23-17(20)5-6-25-23)22(27-12-26-19)14-8-15-3-4-16(9-14)30(15)33(2,31)32/h5-6,8,10,12-13,15-16H,3-4,7,9,11H2,1-2H3,(H,25,28)/t13-,15?,16?/m1/s1. The third-order valence-electron chi connectivity index (χ3n) is 7.19. The predicted octanol–water partition coefficient (Wildman–Crippen LogP) is 3.54. The molecule has 3 aliphatic rings. The van der Waals surface area contributed by atoms with Crippen LogP contribution < -0.4 is 4.90 Å². The van der Waals surface area contributed by atoms with Gasteiger partial charge in [-0.05, 0) is 43.9 Å². The number of hydrogen-bond acceptors (Lipinski definition) is 6. The minimum Gasteiger partial charge on any atom is -0.363 e. The first-order valence-electron chi connectivity index (χ1n) is 11.2. The molecule has 10 heteroatoms. The number of anilines is 1. The molecule has 3 aliphatic heterocycles. The molecule has 0 aliphatic carbocycles. The van der Waals surface area contributed by atoms with Gasteiger partial charge in [-0.25, -0.2) is 23.4 Å². The smallest absolute Gasteiger partial charge is 0.212 e. The Morgan fingerprint density at radius 3 is 2.85 bits per heavy atom. The van der Waals surface area contributed by atoms with Crippen LogP contribution in [0.5, 0.6) is 0 Å². The minimum absolute atomic E-state index is 0.00715. The van der Waals surface area contributed by atoms with Gasteiger partial charge in [0.15, 0.2) is 0 Å². The van der Waals surface area contributed by atoms with E-state index in [9.17, 15) is 8.42 Å². The SMILES string of the molecule is C[C@@H]1Cc2ncnc(C3=CC4CCC(C3)N4S(C)(=O)=O)c2CN1c1cc(Cl)nc2[nH]ccc12. The lowest BCUT2D eigenvalue weighted by Gasteiger charge is -2.38. The molecule has 0 radical (unpaired) electrons. The summed E-state index contributed by atoms with van der Waals surface area (Å²) in [6, 6.07) is 4.10. The van der Waals surface area contributed by atoms with Crippen molar-refractivity contribution in [3.63, 3.8) is 0 Å². The maximum Gasteiger partial charge on any atom is 0.212 e. The Morgan fingerprint density at radius 1 is 1.21 bits per heavy atom. The number of rotatable bonds is 3. The van der Waals surface area contributed by atoms with Crippen LogP contribution in [0.2, 0.25) is 5.15 Å². The van der Waals surface area contributed by atoms with E-state index in [0.717, 1.165) is 58.5 Å². The molecule has 2 unspecified atom stereocenters. The first-order valence-corrected chi connectivity index (χ1v) is 13.4. The highest BCUT2D eigenvalue weighted by molar-refractivity contribution is 7.88. The van der Waals surface area contributed by atoms with Crippen LogP contribution in [-0.2, 0) is 23.0 Å². The zero-order valence-corrected chi connectivity index (χ0v) is 20.1. The summed E-state index contributed by atoms with van der Waals surface area (Å²) in [5.74, 6) is 0. The third-order valence-corrected chi connectivity index (χ3v) is 8.72. The summed E-state index contributed by atoms with van der Waals surface area (Å²) in [5, 5.41) is 1.49. The maximum absolute atomic E-state index is 12.3. The second kappa shape index (κ2) is 7.51. The van der Waals surface area contributed by atoms with Gasteiger partial charge < -0.3 is 9.88 Å². The molecule has 6 heterocycles. The van der Waals surface area contributed by atoms with Gasteiger partial charge in [-0.3, -0.25) is 0 Å². The highest BCUT2D eigenvalue weighted by atomic mass is 35.5. The Kier molecular flexibility index (Phi) is 4.80. The quantitative estimate of drug-likeness (QED) is 0.571. The fourth-order valence-corrected chi connectivity index (χ4v) is 7.38. The lowest BCUT2D eigenvalue weighted by molar-refractivity contribution is 0.348. The van der Waals surface area contributed by atoms with Crippen molar-refractivity contribution >= 4 is 43.9 Å². The fraction of sp³-hybridized carbons (Fsp3) is 0.435. The number of aromatic amines is 1. The molecule has 0 aromatic carbocycles. The van der Waals surface area contributed by atoms with E-state index in [1.54, 1.807) is 10.6 Å². The molecular formula is C23H25ClN6O2S. The van der Waals surface area contributed by atoms with Crippen molar-refractivity contribution in [2.75, 3.05) is 11.2 Å². The van der Waals surface area contributed by atoms with Crippen molar-refractivity contribution in [2.24, 2.45) is 0 Å². The van der Waals surface area contributed by atoms with Gasteiger partial charge in [0, 0.05) is 48.2 Å². The van der Waals surface area contributed by atoms with Crippen LogP contribution in [0.15, 0.2) is 30.7 Å². The number of fused-ring (bicyclic) bond motifs is 4. The van der Waals surface area contributed by atoms with Crippen LogP contribution in [0.3, 0.4) is 0 Å². The topological polar surface area (TPSA) is 95.1 Å². The number of aromatic nitrogens is 4. The molecule has 33 heavy (non-hydrogen) atoms. The van der Waals surface area contributed by atoms with Gasteiger partial charge in [0.1, 0.15) is 17.1 Å². The number of hydrogen-bond donors (Lipinski definition) is 1. The average molecular weight is 485 g/mol. The molecule has 0 spiro atoms. The lowest BCUT2D eigenvalue weighted by Crippen LogP contribution is -2.43. The Balaban J connectivity index is 1.41. The van der Waals surface area contributed by atoms with Crippen LogP contribution in [0.1, 0.15) is 43.1 Å². The number of pyridine rings is 1. The molecule has 1 fully saturated rings. The van der Waals surface area contributed by atoms with Gasteiger partial charge >= 0.3 is 0 Å². The van der Waals surface area contributed by atoms with E-state index >= 15 is 0 Å². The Hall–Kier alpha value is -2.49. The van der Waals surface area contributed by atoms with Gasteiger partial charge in [0.2, 0.25) is 10.0 Å². The Morgan fingerprint density at radius 2 is 2.06 bits per heavy atom. The van der Waals surface area contributed by atoms with Crippen LogP contribution in [0, 0.1) is 0 Å². The minimum atomic E-state index is -3.23. The molecular weight excluding hydrogens is 460 g/mol. The van der Waals surface area contributed by atoms with E-state index in [1.807, 2.05) is 18.3 Å². The van der Waals surface area contributed by atoms with Crippen molar-refractivity contribution in [3.05, 3.63) is 52.8 Å². The molecule has 3 aromatic heterocycles. The van der Waals surface area contributed by atoms with E-state index in [4.69, 9.17) is 16.6 Å². The summed E-state index contributed by atoms with van der Waals surface area (Å²) in [6.07, 6.45) is 10.2. The van der Waals surface area contributed by atoms with Gasteiger partial charge in [0.25, 0.3) is 0 Å². The lowest BCUT2D eigenvalue weighted by atomic mass is 9.91. The second-order valence-electron chi connectivity index (χ2n) is 9.32. The zero-order valence-electron chi connectivity index (χ0n) is 18.5. The summed E-state index contributed by atoms with van der Waals surface area (Å²) in [4.78, 5) is 19.2. The Bertz CT molecular complexity index is 1400. The van der Waals surface area contributed by atoms with Crippen LogP contribution in [0.4, 0.5) is 5.69 Å². The largest absolute Gasteiger partial charge is 0.363 e. The van der Waals surface area contributed by atoms with Crippen LogP contribution in [0.25, 0.3) is 16.6 Å². The number of sulfonamides is 1. The molecule has 2 bridgehead atoms. The van der Waals surface area contributed by atoms with E-state index in [2.05, 4.69) is 32.9 Å². The van der Waals surface area contributed by atoms with Crippen molar-refractivity contribution in [1.82, 2.24) is 24.2 Å². The van der Waals surface area contributed by atoms with Gasteiger partial charge in [0.05, 0.1) is 23.3 Å². The zero-order chi connectivity index (χ0) is 22.9. The molecule has 172 valence electrons. The van der Waals surface area contributed by atoms with Gasteiger partial charge in [-0.15, -0.1) is 0 Å². The van der Waals surface area contributed by atoms with Gasteiger partial charge in [-0.2, -0.15) is 4.31 Å². The van der Waals surface area contributed by atoms with Gasteiger partial charge in [-0.1, -0.05) is 17.7 Å². The molecule has 0 amide bonds. The summed E-state index contributed by atoms with van der Waals surface area (Å²) < 4.78 is 26.3. The van der Waals surface area contributed by atoms with E-state index < -0.39 is 10.0 Å². The number of H-pyrrole nitrogens is 1. The highest BCUT2D eigenvalue weighted by Gasteiger charge is 2.43.